The van der Waals surface area contributed by atoms with Crippen molar-refractivity contribution >= 4 is 21.2 Å². The molecule has 0 aromatic heterocycles. The van der Waals surface area contributed by atoms with Crippen LogP contribution in [0.1, 0.15) is 16.7 Å². The van der Waals surface area contributed by atoms with Gasteiger partial charge >= 0.3 is 0 Å². The van der Waals surface area contributed by atoms with Gasteiger partial charge in [-0.15, -0.1) is 0 Å². The van der Waals surface area contributed by atoms with E-state index in [1.807, 2.05) is 26.0 Å². The van der Waals surface area contributed by atoms with Gasteiger partial charge in [-0.05, 0) is 37.1 Å². The summed E-state index contributed by atoms with van der Waals surface area (Å²) in [7, 11) is -1.74. The van der Waals surface area contributed by atoms with Gasteiger partial charge in [0.05, 0.1) is 9.82 Å². The Kier molecular flexibility index (Phi) is 4.94. The lowest BCUT2D eigenvalue weighted by atomic mass is 10.1. The van der Waals surface area contributed by atoms with Gasteiger partial charge in [0.2, 0.25) is 0 Å². The van der Waals surface area contributed by atoms with Crippen LogP contribution in [-0.2, 0) is 16.4 Å². The Hall–Kier alpha value is -2.41. The number of aryl methyl sites for hydroxylation is 2. The molecular weight excluding hydrogens is 328 g/mol. The van der Waals surface area contributed by atoms with E-state index < -0.39 is 14.8 Å². The SMILES string of the molecule is Cc1ccc(CN(C)c2ccc(S(C)(=O)=O)cc2[N+](=O)[O-])c(C)c1. The van der Waals surface area contributed by atoms with Crippen LogP contribution < -0.4 is 4.90 Å². The maximum atomic E-state index is 11.6. The quantitative estimate of drug-likeness (QED) is 0.612. The topological polar surface area (TPSA) is 80.5 Å². The number of nitro groups is 1. The number of benzene rings is 2. The Balaban J connectivity index is 2.41. The van der Waals surface area contributed by atoms with Gasteiger partial charge in [0, 0.05) is 25.9 Å². The molecule has 0 saturated heterocycles. The van der Waals surface area contributed by atoms with Crippen molar-refractivity contribution in [2.45, 2.75) is 25.3 Å². The van der Waals surface area contributed by atoms with E-state index >= 15 is 0 Å². The van der Waals surface area contributed by atoms with Crippen LogP contribution in [0.2, 0.25) is 0 Å². The molecule has 7 heteroatoms. The second-order valence-electron chi connectivity index (χ2n) is 5.97. The fourth-order valence-corrected chi connectivity index (χ4v) is 3.21. The molecule has 0 bridgehead atoms. The first-order chi connectivity index (χ1) is 11.1. The summed E-state index contributed by atoms with van der Waals surface area (Å²) < 4.78 is 23.2. The largest absolute Gasteiger partial charge is 0.365 e. The summed E-state index contributed by atoms with van der Waals surface area (Å²) >= 11 is 0. The summed E-state index contributed by atoms with van der Waals surface area (Å²) in [6.07, 6.45) is 1.03. The van der Waals surface area contributed by atoms with Gasteiger partial charge in [-0.3, -0.25) is 10.1 Å². The minimum absolute atomic E-state index is 0.0575. The molecule has 0 amide bonds. The summed E-state index contributed by atoms with van der Waals surface area (Å²) in [6.45, 7) is 4.50. The molecule has 0 heterocycles. The van der Waals surface area contributed by atoms with Crippen molar-refractivity contribution in [1.29, 1.82) is 0 Å². The Morgan fingerprint density at radius 1 is 1.12 bits per heavy atom. The Morgan fingerprint density at radius 3 is 2.33 bits per heavy atom. The van der Waals surface area contributed by atoms with Gasteiger partial charge in [-0.2, -0.15) is 0 Å². The molecule has 0 aliphatic rings. The predicted octanol–water partition coefficient (Wildman–Crippen LogP) is 3.25. The number of hydrogen-bond donors (Lipinski definition) is 0. The van der Waals surface area contributed by atoms with Crippen LogP contribution >= 0.6 is 0 Å². The van der Waals surface area contributed by atoms with E-state index in [1.54, 1.807) is 11.9 Å². The molecule has 0 unspecified atom stereocenters. The van der Waals surface area contributed by atoms with Crippen LogP contribution in [0.15, 0.2) is 41.3 Å². The number of hydrogen-bond acceptors (Lipinski definition) is 5. The van der Waals surface area contributed by atoms with Crippen molar-refractivity contribution in [3.05, 3.63) is 63.2 Å². The molecule has 2 aromatic carbocycles. The van der Waals surface area contributed by atoms with Crippen LogP contribution in [-0.4, -0.2) is 26.6 Å². The van der Waals surface area contributed by atoms with Gasteiger partial charge in [0.1, 0.15) is 5.69 Å². The standard InChI is InChI=1S/C17H20N2O4S/c1-12-5-6-14(13(2)9-12)11-18(3)16-8-7-15(24(4,22)23)10-17(16)19(20)21/h5-10H,11H2,1-4H3. The van der Waals surface area contributed by atoms with Crippen LogP contribution in [0.4, 0.5) is 11.4 Å². The molecule has 0 fully saturated rings. The van der Waals surface area contributed by atoms with E-state index in [2.05, 4.69) is 6.07 Å². The van der Waals surface area contributed by atoms with E-state index in [0.717, 1.165) is 29.0 Å². The maximum absolute atomic E-state index is 11.6. The fraction of sp³-hybridized carbons (Fsp3) is 0.294. The second kappa shape index (κ2) is 6.60. The number of sulfone groups is 1. The molecule has 24 heavy (non-hydrogen) atoms. The lowest BCUT2D eigenvalue weighted by molar-refractivity contribution is -0.384. The van der Waals surface area contributed by atoms with Crippen LogP contribution in [0, 0.1) is 24.0 Å². The minimum atomic E-state index is -3.49. The zero-order valence-corrected chi connectivity index (χ0v) is 14.9. The lowest BCUT2D eigenvalue weighted by Gasteiger charge is -2.21. The Bertz CT molecular complexity index is 891. The van der Waals surface area contributed by atoms with Crippen molar-refractivity contribution < 1.29 is 13.3 Å². The third-order valence-corrected chi connectivity index (χ3v) is 5.00. The van der Waals surface area contributed by atoms with Gasteiger partial charge in [-0.25, -0.2) is 8.42 Å². The molecule has 2 rings (SSSR count). The van der Waals surface area contributed by atoms with Crippen molar-refractivity contribution in [2.75, 3.05) is 18.2 Å². The van der Waals surface area contributed by atoms with E-state index in [-0.39, 0.29) is 10.6 Å². The third-order valence-electron chi connectivity index (χ3n) is 3.89. The van der Waals surface area contributed by atoms with Crippen LogP contribution in [0.3, 0.4) is 0 Å². The number of nitro benzene ring substituents is 1. The van der Waals surface area contributed by atoms with Gasteiger partial charge in [-0.1, -0.05) is 23.8 Å². The number of rotatable bonds is 5. The molecule has 0 atom stereocenters. The molecule has 0 aliphatic carbocycles. The molecule has 6 nitrogen and oxygen atoms in total. The van der Waals surface area contributed by atoms with Crippen molar-refractivity contribution in [1.82, 2.24) is 0 Å². The summed E-state index contributed by atoms with van der Waals surface area (Å²) in [5, 5.41) is 11.4. The minimum Gasteiger partial charge on any atom is -0.365 e. The third kappa shape index (κ3) is 3.91. The molecule has 0 spiro atoms. The van der Waals surface area contributed by atoms with E-state index in [1.165, 1.54) is 12.1 Å². The zero-order chi connectivity index (χ0) is 18.1. The summed E-state index contributed by atoms with van der Waals surface area (Å²) in [5.41, 5.74) is 3.49. The monoisotopic (exact) mass is 348 g/mol. The number of anilines is 1. The second-order valence-corrected chi connectivity index (χ2v) is 7.98. The smallest absolute Gasteiger partial charge is 0.293 e. The van der Waals surface area contributed by atoms with Crippen LogP contribution in [0.5, 0.6) is 0 Å². The molecule has 0 N–H and O–H groups in total. The van der Waals surface area contributed by atoms with Crippen molar-refractivity contribution in [3.63, 3.8) is 0 Å². The highest BCUT2D eigenvalue weighted by atomic mass is 32.2. The molecule has 128 valence electrons. The van der Waals surface area contributed by atoms with E-state index in [9.17, 15) is 18.5 Å². The average molecular weight is 348 g/mol. The first kappa shape index (κ1) is 17.9. The lowest BCUT2D eigenvalue weighted by Crippen LogP contribution is -2.18. The molecular formula is C17H20N2O4S. The number of nitrogens with zero attached hydrogens (tertiary/aromatic N) is 2. The Labute approximate surface area is 141 Å². The van der Waals surface area contributed by atoms with Crippen LogP contribution in [0.25, 0.3) is 0 Å². The van der Waals surface area contributed by atoms with E-state index in [4.69, 9.17) is 0 Å². The first-order valence-electron chi connectivity index (χ1n) is 7.35. The predicted molar refractivity (Wildman–Crippen MR) is 94.2 cm³/mol. The van der Waals surface area contributed by atoms with Gasteiger partial charge in [0.25, 0.3) is 5.69 Å². The summed E-state index contributed by atoms with van der Waals surface area (Å²) in [6, 6.07) is 10.1. The molecule has 2 aromatic rings. The molecule has 0 saturated carbocycles. The highest BCUT2D eigenvalue weighted by molar-refractivity contribution is 7.90. The highest BCUT2D eigenvalue weighted by Gasteiger charge is 2.21. The van der Waals surface area contributed by atoms with Crippen molar-refractivity contribution in [3.8, 4) is 0 Å². The highest BCUT2D eigenvalue weighted by Crippen LogP contribution is 2.31. The van der Waals surface area contributed by atoms with E-state index in [0.29, 0.717) is 12.2 Å². The normalized spacial score (nSPS) is 11.3. The Morgan fingerprint density at radius 2 is 1.79 bits per heavy atom. The molecule has 0 aliphatic heterocycles. The summed E-state index contributed by atoms with van der Waals surface area (Å²) in [4.78, 5) is 12.5. The molecule has 0 radical (unpaired) electrons. The first-order valence-corrected chi connectivity index (χ1v) is 9.24. The van der Waals surface area contributed by atoms with Gasteiger partial charge < -0.3 is 4.90 Å². The maximum Gasteiger partial charge on any atom is 0.293 e. The fourth-order valence-electron chi connectivity index (χ4n) is 2.57. The van der Waals surface area contributed by atoms with Gasteiger partial charge in [0.15, 0.2) is 9.84 Å². The zero-order valence-electron chi connectivity index (χ0n) is 14.1. The summed E-state index contributed by atoms with van der Waals surface area (Å²) in [5.74, 6) is 0. The average Bonchev–Trinajstić information content (AvgIpc) is 2.48. The van der Waals surface area contributed by atoms with Crippen molar-refractivity contribution in [2.24, 2.45) is 0 Å².